The van der Waals surface area contributed by atoms with E-state index in [1.807, 2.05) is 13.8 Å². The van der Waals surface area contributed by atoms with Gasteiger partial charge in [-0.15, -0.1) is 25.3 Å². The number of benzene rings is 1. The zero-order valence-electron chi connectivity index (χ0n) is 11.4. The molecular formula is C14H8N2S6. The van der Waals surface area contributed by atoms with Gasteiger partial charge in [-0.1, -0.05) is 47.0 Å². The van der Waals surface area contributed by atoms with Gasteiger partial charge in [0, 0.05) is 40.5 Å². The van der Waals surface area contributed by atoms with Gasteiger partial charge in [0.2, 0.25) is 0 Å². The number of hydrogen-bond acceptors (Lipinski definition) is 8. The van der Waals surface area contributed by atoms with Gasteiger partial charge in [0.25, 0.3) is 0 Å². The van der Waals surface area contributed by atoms with Crippen LogP contribution < -0.4 is 0 Å². The van der Waals surface area contributed by atoms with E-state index in [0.717, 1.165) is 37.8 Å². The first-order valence-corrected chi connectivity index (χ1v) is 10.2. The molecule has 110 valence electrons. The fourth-order valence-electron chi connectivity index (χ4n) is 1.83. The van der Waals surface area contributed by atoms with E-state index >= 15 is 0 Å². The summed E-state index contributed by atoms with van der Waals surface area (Å²) in [4.78, 5) is 6.08. The minimum atomic E-state index is 0.716. The molecule has 0 unspecified atom stereocenters. The molecule has 2 aliphatic rings. The minimum Gasteiger partial charge on any atom is -0.193 e. The van der Waals surface area contributed by atoms with Crippen molar-refractivity contribution in [1.82, 2.24) is 0 Å². The van der Waals surface area contributed by atoms with E-state index in [1.54, 1.807) is 47.0 Å². The lowest BCUT2D eigenvalue weighted by molar-refractivity contribution is 0.892. The van der Waals surface area contributed by atoms with Crippen LogP contribution in [0.5, 0.6) is 0 Å². The average molecular weight is 397 g/mol. The number of nitriles is 2. The fourth-order valence-corrected chi connectivity index (χ4v) is 8.20. The Kier molecular flexibility index (Phi) is 4.80. The van der Waals surface area contributed by atoms with Gasteiger partial charge in [-0.05, 0) is 13.8 Å². The largest absolute Gasteiger partial charge is 0.193 e. The summed E-state index contributed by atoms with van der Waals surface area (Å²) in [5, 5.41) is 18.2. The summed E-state index contributed by atoms with van der Waals surface area (Å²) in [6, 6.07) is 4.40. The molecule has 8 heteroatoms. The fraction of sp³-hybridized carbons (Fsp3) is 0.143. The molecule has 0 spiro atoms. The Bertz CT molecular complexity index is 742. The number of thioether (sulfide) groups is 4. The van der Waals surface area contributed by atoms with Crippen molar-refractivity contribution in [2.45, 2.75) is 43.2 Å². The van der Waals surface area contributed by atoms with Crippen molar-refractivity contribution in [3.63, 3.8) is 0 Å². The highest BCUT2D eigenvalue weighted by molar-refractivity contribution is 8.26. The van der Waals surface area contributed by atoms with Gasteiger partial charge in [0.15, 0.2) is 0 Å². The van der Waals surface area contributed by atoms with Gasteiger partial charge < -0.3 is 0 Å². The minimum absolute atomic E-state index is 0.716. The molecule has 0 N–H and O–H groups in total. The second-order valence-corrected chi connectivity index (χ2v) is 9.96. The summed E-state index contributed by atoms with van der Waals surface area (Å²) in [5.74, 6) is 0. The third-order valence-corrected chi connectivity index (χ3v) is 10.2. The maximum absolute atomic E-state index is 9.08. The van der Waals surface area contributed by atoms with Gasteiger partial charge >= 0.3 is 0 Å². The van der Waals surface area contributed by atoms with Crippen molar-refractivity contribution in [2.75, 3.05) is 0 Å². The number of allylic oxidation sites excluding steroid dienone is 2. The van der Waals surface area contributed by atoms with Crippen LogP contribution in [0.2, 0.25) is 0 Å². The molecule has 2 aliphatic heterocycles. The standard InChI is InChI=1S/C14H8N2S6/c1-5(3-15)13-19-9-7(17)11-12(8(18)10(9)20-13)22-14(21-11)6(2)4-16/h17-18H,1-2H3. The Labute approximate surface area is 157 Å². The molecule has 0 fully saturated rings. The van der Waals surface area contributed by atoms with Crippen molar-refractivity contribution >= 4 is 72.3 Å². The summed E-state index contributed by atoms with van der Waals surface area (Å²) in [6.07, 6.45) is 0. The summed E-state index contributed by atoms with van der Waals surface area (Å²) in [6.45, 7) is 3.65. The number of nitrogens with zero attached hydrogens (tertiary/aromatic N) is 2. The van der Waals surface area contributed by atoms with Gasteiger partial charge in [-0.3, -0.25) is 0 Å². The predicted molar refractivity (Wildman–Crippen MR) is 101 cm³/mol. The lowest BCUT2D eigenvalue weighted by Crippen LogP contribution is -1.84. The first-order valence-electron chi connectivity index (χ1n) is 6.03. The highest BCUT2D eigenvalue weighted by Crippen LogP contribution is 2.64. The predicted octanol–water partition coefficient (Wildman–Crippen LogP) is 6.17. The van der Waals surface area contributed by atoms with E-state index in [4.69, 9.17) is 35.8 Å². The molecule has 0 saturated carbocycles. The van der Waals surface area contributed by atoms with Crippen LogP contribution in [-0.4, -0.2) is 0 Å². The lowest BCUT2D eigenvalue weighted by atomic mass is 10.3. The molecule has 2 nitrogen and oxygen atoms in total. The third-order valence-electron chi connectivity index (χ3n) is 3.00. The summed E-state index contributed by atoms with van der Waals surface area (Å²) < 4.78 is 1.98. The monoisotopic (exact) mass is 396 g/mol. The molecule has 22 heavy (non-hydrogen) atoms. The van der Waals surface area contributed by atoms with E-state index in [1.165, 1.54) is 0 Å². The SMILES string of the molecule is CC(C#N)=C1Sc2c(S)c3c(c(S)c2S1)SC(=C(C)C#N)S3. The van der Waals surface area contributed by atoms with Crippen LogP contribution in [0.4, 0.5) is 0 Å². The highest BCUT2D eigenvalue weighted by Gasteiger charge is 2.33. The van der Waals surface area contributed by atoms with Crippen LogP contribution in [0.25, 0.3) is 0 Å². The Morgan fingerprint density at radius 3 is 1.23 bits per heavy atom. The Morgan fingerprint density at radius 2 is 1.00 bits per heavy atom. The molecule has 0 radical (unpaired) electrons. The molecule has 0 bridgehead atoms. The maximum Gasteiger partial charge on any atom is 0.0961 e. The Balaban J connectivity index is 2.15. The smallest absolute Gasteiger partial charge is 0.0961 e. The second-order valence-electron chi connectivity index (χ2n) is 4.47. The lowest BCUT2D eigenvalue weighted by Gasteiger charge is -2.09. The van der Waals surface area contributed by atoms with Crippen LogP contribution >= 0.6 is 72.3 Å². The molecule has 1 aromatic carbocycles. The van der Waals surface area contributed by atoms with E-state index in [2.05, 4.69) is 12.1 Å². The molecule has 0 aromatic heterocycles. The van der Waals surface area contributed by atoms with Gasteiger partial charge in [0.05, 0.1) is 20.6 Å². The number of fused-ring (bicyclic) bond motifs is 2. The number of hydrogen-bond donors (Lipinski definition) is 2. The quantitative estimate of drug-likeness (QED) is 0.404. The first-order chi connectivity index (χ1) is 10.5. The van der Waals surface area contributed by atoms with Crippen molar-refractivity contribution in [2.24, 2.45) is 0 Å². The van der Waals surface area contributed by atoms with Crippen LogP contribution in [-0.2, 0) is 0 Å². The average Bonchev–Trinajstić information content (AvgIpc) is 3.16. The molecule has 0 saturated heterocycles. The van der Waals surface area contributed by atoms with Crippen molar-refractivity contribution in [3.05, 3.63) is 19.6 Å². The topological polar surface area (TPSA) is 47.6 Å². The van der Waals surface area contributed by atoms with Crippen LogP contribution in [0.3, 0.4) is 0 Å². The van der Waals surface area contributed by atoms with Gasteiger partial charge in [0.1, 0.15) is 0 Å². The Hall–Kier alpha value is -0.220. The zero-order chi connectivity index (χ0) is 16.0. The molecule has 0 atom stereocenters. The normalized spacial score (nSPS) is 15.2. The molecule has 0 amide bonds. The first kappa shape index (κ1) is 16.6. The van der Waals surface area contributed by atoms with E-state index in [-0.39, 0.29) is 0 Å². The molecule has 1 aromatic rings. The Morgan fingerprint density at radius 1 is 0.727 bits per heavy atom. The van der Waals surface area contributed by atoms with E-state index in [0.29, 0.717) is 11.1 Å². The number of rotatable bonds is 0. The summed E-state index contributed by atoms with van der Waals surface area (Å²) >= 11 is 15.7. The van der Waals surface area contributed by atoms with Crippen LogP contribution in [0.15, 0.2) is 49.0 Å². The third kappa shape index (κ3) is 2.60. The molecule has 2 heterocycles. The van der Waals surface area contributed by atoms with Gasteiger partial charge in [-0.25, -0.2) is 0 Å². The van der Waals surface area contributed by atoms with Crippen LogP contribution in [0, 0.1) is 22.7 Å². The molecule has 3 rings (SSSR count). The van der Waals surface area contributed by atoms with E-state index < -0.39 is 0 Å². The highest BCUT2D eigenvalue weighted by atomic mass is 32.2. The van der Waals surface area contributed by atoms with Crippen molar-refractivity contribution < 1.29 is 0 Å². The van der Waals surface area contributed by atoms with Crippen LogP contribution in [0.1, 0.15) is 13.8 Å². The summed E-state index contributed by atoms with van der Waals surface area (Å²) in [7, 11) is 0. The maximum atomic E-state index is 9.08. The van der Waals surface area contributed by atoms with Crippen molar-refractivity contribution in [1.29, 1.82) is 10.5 Å². The van der Waals surface area contributed by atoms with E-state index in [9.17, 15) is 0 Å². The molecule has 0 aliphatic carbocycles. The summed E-state index contributed by atoms with van der Waals surface area (Å²) in [5.41, 5.74) is 1.43. The second kappa shape index (κ2) is 6.35. The number of thiol groups is 2. The zero-order valence-corrected chi connectivity index (χ0v) is 16.5. The van der Waals surface area contributed by atoms with Gasteiger partial charge in [-0.2, -0.15) is 10.5 Å². The molecular weight excluding hydrogens is 389 g/mol. The van der Waals surface area contributed by atoms with Crippen molar-refractivity contribution in [3.8, 4) is 12.1 Å².